The fourth-order valence-corrected chi connectivity index (χ4v) is 4.41. The molecule has 1 heterocycles. The Bertz CT molecular complexity index is 1420. The van der Waals surface area contributed by atoms with Crippen LogP contribution < -0.4 is 10.6 Å². The van der Waals surface area contributed by atoms with Crippen molar-refractivity contribution in [1.29, 1.82) is 0 Å². The summed E-state index contributed by atoms with van der Waals surface area (Å²) in [5, 5.41) is 25.2. The van der Waals surface area contributed by atoms with Crippen LogP contribution in [0.4, 0.5) is 17.1 Å². The second-order valence-corrected chi connectivity index (χ2v) is 9.31. The lowest BCUT2D eigenvalue weighted by molar-refractivity contribution is -0.384. The number of nitro benzene ring substituents is 1. The van der Waals surface area contributed by atoms with E-state index in [0.717, 1.165) is 5.56 Å². The van der Waals surface area contributed by atoms with Gasteiger partial charge >= 0.3 is 0 Å². The molecule has 0 aliphatic carbocycles. The van der Waals surface area contributed by atoms with E-state index in [1.165, 1.54) is 36.0 Å². The van der Waals surface area contributed by atoms with Crippen molar-refractivity contribution in [2.75, 3.05) is 16.4 Å². The first-order valence-electron chi connectivity index (χ1n) is 10.5. The number of carbonyl (C=O) groups excluding carboxylic acids is 2. The van der Waals surface area contributed by atoms with Crippen LogP contribution in [0.1, 0.15) is 10.4 Å². The fraction of sp³-hybridized carbons (Fsp3) is 0.0833. The highest BCUT2D eigenvalue weighted by atomic mass is 79.9. The number of amides is 2. The van der Waals surface area contributed by atoms with Crippen LogP contribution in [0.3, 0.4) is 0 Å². The Morgan fingerprint density at radius 1 is 0.972 bits per heavy atom. The number of halogens is 1. The lowest BCUT2D eigenvalue weighted by Crippen LogP contribution is -2.14. The lowest BCUT2D eigenvalue weighted by atomic mass is 10.1. The minimum absolute atomic E-state index is 0.0475. The number of nitrogens with one attached hydrogen (secondary N) is 2. The molecule has 12 heteroatoms. The molecule has 2 N–H and O–H groups in total. The van der Waals surface area contributed by atoms with E-state index >= 15 is 0 Å². The Kier molecular flexibility index (Phi) is 7.76. The Balaban J connectivity index is 1.35. The van der Waals surface area contributed by atoms with Crippen LogP contribution in [0, 0.1) is 10.1 Å². The number of carbonyl (C=O) groups is 2. The highest BCUT2D eigenvalue weighted by Gasteiger charge is 2.14. The fourth-order valence-electron chi connectivity index (χ4n) is 3.23. The average Bonchev–Trinajstić information content (AvgIpc) is 3.24. The Labute approximate surface area is 218 Å². The Morgan fingerprint density at radius 2 is 1.61 bits per heavy atom. The van der Waals surface area contributed by atoms with E-state index < -0.39 is 4.92 Å². The number of nitrogens with zero attached hydrogens (tertiary/aromatic N) is 4. The molecule has 36 heavy (non-hydrogen) atoms. The average molecular weight is 567 g/mol. The van der Waals surface area contributed by atoms with Gasteiger partial charge in [-0.05, 0) is 64.5 Å². The quantitative estimate of drug-likeness (QED) is 0.171. The van der Waals surface area contributed by atoms with Crippen LogP contribution in [0.25, 0.3) is 11.4 Å². The van der Waals surface area contributed by atoms with Crippen LogP contribution in [-0.2, 0) is 11.8 Å². The largest absolute Gasteiger partial charge is 0.325 e. The van der Waals surface area contributed by atoms with Gasteiger partial charge in [0.2, 0.25) is 5.91 Å². The SMILES string of the molecule is Cn1c(SCC(=O)Nc2ccc([N+](=O)[O-])cc2)nnc1-c1ccc(NC(=O)c2ccccc2Br)cc1. The van der Waals surface area contributed by atoms with Crippen LogP contribution in [0.2, 0.25) is 0 Å². The minimum Gasteiger partial charge on any atom is -0.325 e. The summed E-state index contributed by atoms with van der Waals surface area (Å²) in [6.45, 7) is 0. The summed E-state index contributed by atoms with van der Waals surface area (Å²) in [6.07, 6.45) is 0. The maximum Gasteiger partial charge on any atom is 0.269 e. The second kappa shape index (κ2) is 11.1. The maximum atomic E-state index is 12.5. The number of anilines is 2. The molecule has 2 amide bonds. The number of aromatic nitrogens is 3. The monoisotopic (exact) mass is 566 g/mol. The van der Waals surface area contributed by atoms with E-state index in [1.54, 1.807) is 41.9 Å². The normalized spacial score (nSPS) is 10.6. The van der Waals surface area contributed by atoms with Gasteiger partial charge in [-0.3, -0.25) is 19.7 Å². The van der Waals surface area contributed by atoms with E-state index in [9.17, 15) is 19.7 Å². The standard InChI is InChI=1S/C24H19BrN6O4S/c1-30-22(15-6-8-17(9-7-15)27-23(33)19-4-2-3-5-20(19)25)28-29-24(30)36-14-21(32)26-16-10-12-18(13-11-16)31(34)35/h2-13H,14H2,1H3,(H,26,32)(H,27,33). The van der Waals surface area contributed by atoms with E-state index in [4.69, 9.17) is 0 Å². The smallest absolute Gasteiger partial charge is 0.269 e. The number of hydrogen-bond acceptors (Lipinski definition) is 7. The van der Waals surface area contributed by atoms with Gasteiger partial charge in [-0.1, -0.05) is 23.9 Å². The molecule has 0 spiro atoms. The third-order valence-electron chi connectivity index (χ3n) is 5.05. The molecule has 4 aromatic rings. The third-order valence-corrected chi connectivity index (χ3v) is 6.76. The number of rotatable bonds is 8. The third kappa shape index (κ3) is 5.96. The predicted molar refractivity (Wildman–Crippen MR) is 141 cm³/mol. The number of benzene rings is 3. The van der Waals surface area contributed by atoms with E-state index in [-0.39, 0.29) is 23.3 Å². The van der Waals surface area contributed by atoms with Gasteiger partial charge < -0.3 is 15.2 Å². The zero-order chi connectivity index (χ0) is 25.7. The summed E-state index contributed by atoms with van der Waals surface area (Å²) in [4.78, 5) is 35.0. The van der Waals surface area contributed by atoms with Gasteiger partial charge in [-0.25, -0.2) is 0 Å². The van der Waals surface area contributed by atoms with Crippen molar-refractivity contribution in [2.45, 2.75) is 5.16 Å². The highest BCUT2D eigenvalue weighted by Crippen LogP contribution is 2.25. The summed E-state index contributed by atoms with van der Waals surface area (Å²) >= 11 is 4.60. The van der Waals surface area contributed by atoms with Crippen LogP contribution in [-0.4, -0.2) is 37.3 Å². The number of hydrogen-bond donors (Lipinski definition) is 2. The Morgan fingerprint density at radius 3 is 2.28 bits per heavy atom. The molecule has 0 aliphatic heterocycles. The molecule has 0 fully saturated rings. The summed E-state index contributed by atoms with van der Waals surface area (Å²) in [5.74, 6) is 0.197. The van der Waals surface area contributed by atoms with Crippen LogP contribution >= 0.6 is 27.7 Å². The lowest BCUT2D eigenvalue weighted by Gasteiger charge is -2.08. The minimum atomic E-state index is -0.499. The van der Waals surface area contributed by atoms with E-state index in [2.05, 4.69) is 36.8 Å². The van der Waals surface area contributed by atoms with Crippen molar-refractivity contribution in [3.63, 3.8) is 0 Å². The van der Waals surface area contributed by atoms with E-state index in [0.29, 0.717) is 32.4 Å². The van der Waals surface area contributed by atoms with Crippen molar-refractivity contribution in [1.82, 2.24) is 14.8 Å². The first-order valence-corrected chi connectivity index (χ1v) is 12.3. The molecule has 0 radical (unpaired) electrons. The van der Waals surface area contributed by atoms with Gasteiger partial charge in [0.15, 0.2) is 11.0 Å². The first-order chi connectivity index (χ1) is 17.3. The van der Waals surface area contributed by atoms with Crippen LogP contribution in [0.15, 0.2) is 82.4 Å². The molecule has 10 nitrogen and oxygen atoms in total. The Hall–Kier alpha value is -4.03. The zero-order valence-electron chi connectivity index (χ0n) is 18.8. The summed E-state index contributed by atoms with van der Waals surface area (Å²) in [6, 6.07) is 20.0. The highest BCUT2D eigenvalue weighted by molar-refractivity contribution is 9.10. The summed E-state index contributed by atoms with van der Waals surface area (Å²) < 4.78 is 2.49. The van der Waals surface area contributed by atoms with Crippen molar-refractivity contribution in [3.05, 3.63) is 92.9 Å². The van der Waals surface area contributed by atoms with Gasteiger partial charge in [-0.15, -0.1) is 10.2 Å². The topological polar surface area (TPSA) is 132 Å². The zero-order valence-corrected chi connectivity index (χ0v) is 21.2. The van der Waals surface area contributed by atoms with Crippen molar-refractivity contribution in [3.8, 4) is 11.4 Å². The molecular weight excluding hydrogens is 548 g/mol. The van der Waals surface area contributed by atoms with Gasteiger partial charge in [0, 0.05) is 40.6 Å². The van der Waals surface area contributed by atoms with E-state index in [1.807, 2.05) is 18.2 Å². The molecule has 0 saturated heterocycles. The molecule has 0 saturated carbocycles. The van der Waals surface area contributed by atoms with Crippen molar-refractivity contribution >= 4 is 56.6 Å². The maximum absolute atomic E-state index is 12.5. The molecule has 0 aliphatic rings. The molecule has 182 valence electrons. The van der Waals surface area contributed by atoms with Gasteiger partial charge in [-0.2, -0.15) is 0 Å². The number of thioether (sulfide) groups is 1. The van der Waals surface area contributed by atoms with Crippen LogP contribution in [0.5, 0.6) is 0 Å². The second-order valence-electron chi connectivity index (χ2n) is 7.52. The van der Waals surface area contributed by atoms with Gasteiger partial charge in [0.1, 0.15) is 0 Å². The molecule has 0 atom stereocenters. The predicted octanol–water partition coefficient (Wildman–Crippen LogP) is 5.14. The van der Waals surface area contributed by atoms with Crippen molar-refractivity contribution < 1.29 is 14.5 Å². The van der Waals surface area contributed by atoms with Gasteiger partial charge in [0.25, 0.3) is 11.6 Å². The summed E-state index contributed by atoms with van der Waals surface area (Å²) in [5.41, 5.74) is 2.39. The molecule has 1 aromatic heterocycles. The number of non-ortho nitro benzene ring substituents is 1. The molecule has 4 rings (SSSR count). The molecule has 3 aromatic carbocycles. The number of nitro groups is 1. The summed E-state index contributed by atoms with van der Waals surface area (Å²) in [7, 11) is 1.80. The molecule has 0 bridgehead atoms. The van der Waals surface area contributed by atoms with Crippen molar-refractivity contribution in [2.24, 2.45) is 7.05 Å². The molecule has 0 unspecified atom stereocenters. The molecular formula is C24H19BrN6O4S. The van der Waals surface area contributed by atoms with Gasteiger partial charge in [0.05, 0.1) is 16.2 Å². The first kappa shape index (κ1) is 25.1.